The van der Waals surface area contributed by atoms with Gasteiger partial charge in [-0.1, -0.05) is 18.2 Å². The second kappa shape index (κ2) is 5.17. The minimum Gasteiger partial charge on any atom is -0.468 e. The minimum absolute atomic E-state index is 0.607. The van der Waals surface area contributed by atoms with Crippen molar-refractivity contribution in [1.29, 1.82) is 5.26 Å². The van der Waals surface area contributed by atoms with E-state index in [1.165, 1.54) is 0 Å². The van der Waals surface area contributed by atoms with E-state index in [0.717, 1.165) is 21.6 Å². The van der Waals surface area contributed by atoms with Crippen LogP contribution in [-0.4, -0.2) is 4.98 Å². The van der Waals surface area contributed by atoms with Gasteiger partial charge >= 0.3 is 0 Å². The molecule has 3 aromatic rings. The summed E-state index contributed by atoms with van der Waals surface area (Å²) in [5.41, 5.74) is 1.51. The average Bonchev–Trinajstić information content (AvgIpc) is 2.97. The molecule has 0 aliphatic heterocycles. The van der Waals surface area contributed by atoms with E-state index in [1.807, 2.05) is 36.4 Å². The summed E-state index contributed by atoms with van der Waals surface area (Å²) in [5.74, 6) is 1.60. The number of aromatic nitrogens is 1. The zero-order chi connectivity index (χ0) is 13.1. The summed E-state index contributed by atoms with van der Waals surface area (Å²) in [6.07, 6.45) is 3.29. The average molecular weight is 266 g/mol. The first-order chi connectivity index (χ1) is 9.38. The van der Waals surface area contributed by atoms with E-state index in [0.29, 0.717) is 11.3 Å². The molecule has 0 N–H and O–H groups in total. The molecule has 19 heavy (non-hydrogen) atoms. The zero-order valence-corrected chi connectivity index (χ0v) is 10.9. The molecule has 2 heterocycles. The predicted molar refractivity (Wildman–Crippen MR) is 74.7 cm³/mol. The molecule has 0 aliphatic rings. The first-order valence-corrected chi connectivity index (χ1v) is 6.80. The van der Waals surface area contributed by atoms with Gasteiger partial charge in [-0.15, -0.1) is 11.8 Å². The molecule has 0 spiro atoms. The van der Waals surface area contributed by atoms with Crippen molar-refractivity contribution in [3.8, 4) is 6.07 Å². The fourth-order valence-electron chi connectivity index (χ4n) is 1.89. The first kappa shape index (κ1) is 11.8. The Morgan fingerprint density at radius 3 is 2.89 bits per heavy atom. The van der Waals surface area contributed by atoms with Gasteiger partial charge < -0.3 is 4.42 Å². The molecule has 3 nitrogen and oxygen atoms in total. The fraction of sp³-hybridized carbons (Fsp3) is 0.0667. The molecule has 1 aromatic carbocycles. The summed E-state index contributed by atoms with van der Waals surface area (Å²) >= 11 is 1.60. The van der Waals surface area contributed by atoms with E-state index in [9.17, 15) is 5.26 Å². The lowest BCUT2D eigenvalue weighted by Crippen LogP contribution is -1.88. The molecule has 2 aromatic heterocycles. The number of hydrogen-bond donors (Lipinski definition) is 0. The van der Waals surface area contributed by atoms with Crippen LogP contribution in [0.5, 0.6) is 0 Å². The second-order valence-corrected chi connectivity index (χ2v) is 4.98. The smallest absolute Gasteiger partial charge is 0.113 e. The Hall–Kier alpha value is -2.25. The van der Waals surface area contributed by atoms with Crippen molar-refractivity contribution in [2.24, 2.45) is 0 Å². The van der Waals surface area contributed by atoms with E-state index in [1.54, 1.807) is 24.2 Å². The number of furan rings is 1. The molecular weight excluding hydrogens is 256 g/mol. The standard InChI is InChI=1S/C15H10N2OS/c16-8-11-9-17-14-6-2-1-5-13(14)15(11)19-10-12-4-3-7-18-12/h1-7,9H,10H2. The summed E-state index contributed by atoms with van der Waals surface area (Å²) in [6, 6.07) is 13.9. The number of rotatable bonds is 3. The van der Waals surface area contributed by atoms with Crippen LogP contribution in [0.3, 0.4) is 0 Å². The molecule has 0 bridgehead atoms. The number of hydrogen-bond acceptors (Lipinski definition) is 4. The van der Waals surface area contributed by atoms with Crippen LogP contribution in [0.25, 0.3) is 10.9 Å². The Kier molecular flexibility index (Phi) is 3.21. The van der Waals surface area contributed by atoms with E-state index >= 15 is 0 Å². The number of thioether (sulfide) groups is 1. The maximum absolute atomic E-state index is 9.21. The van der Waals surface area contributed by atoms with E-state index < -0.39 is 0 Å². The van der Waals surface area contributed by atoms with Gasteiger partial charge in [-0.2, -0.15) is 5.26 Å². The molecule has 4 heteroatoms. The van der Waals surface area contributed by atoms with Gasteiger partial charge in [0.25, 0.3) is 0 Å². The Morgan fingerprint density at radius 1 is 1.21 bits per heavy atom. The van der Waals surface area contributed by atoms with Crippen molar-refractivity contribution < 1.29 is 4.42 Å². The molecule has 0 saturated carbocycles. The minimum atomic E-state index is 0.607. The number of nitrogens with zero attached hydrogens (tertiary/aromatic N) is 2. The third kappa shape index (κ3) is 2.33. The van der Waals surface area contributed by atoms with Crippen LogP contribution in [0.15, 0.2) is 58.2 Å². The van der Waals surface area contributed by atoms with Crippen LogP contribution in [-0.2, 0) is 5.75 Å². The monoisotopic (exact) mass is 266 g/mol. The Balaban J connectivity index is 2.02. The van der Waals surface area contributed by atoms with Gasteiger partial charge in [0.1, 0.15) is 11.8 Å². The molecule has 0 unspecified atom stereocenters. The Bertz CT molecular complexity index is 744. The van der Waals surface area contributed by atoms with Crippen LogP contribution in [0.2, 0.25) is 0 Å². The van der Waals surface area contributed by atoms with Gasteiger partial charge in [0.05, 0.1) is 23.1 Å². The summed E-state index contributed by atoms with van der Waals surface area (Å²) < 4.78 is 5.32. The zero-order valence-electron chi connectivity index (χ0n) is 10.0. The van der Waals surface area contributed by atoms with Crippen LogP contribution < -0.4 is 0 Å². The molecule has 92 valence electrons. The normalized spacial score (nSPS) is 10.5. The predicted octanol–water partition coefficient (Wildman–Crippen LogP) is 3.99. The molecule has 0 radical (unpaired) electrons. The lowest BCUT2D eigenvalue weighted by molar-refractivity contribution is 0.530. The van der Waals surface area contributed by atoms with Gasteiger partial charge in [0, 0.05) is 16.5 Å². The quantitative estimate of drug-likeness (QED) is 0.672. The van der Waals surface area contributed by atoms with Gasteiger partial charge in [0.2, 0.25) is 0 Å². The number of nitriles is 1. The largest absolute Gasteiger partial charge is 0.468 e. The highest BCUT2D eigenvalue weighted by Crippen LogP contribution is 2.32. The van der Waals surface area contributed by atoms with Gasteiger partial charge in [0.15, 0.2) is 0 Å². The topological polar surface area (TPSA) is 49.8 Å². The van der Waals surface area contributed by atoms with Crippen molar-refractivity contribution in [1.82, 2.24) is 4.98 Å². The Morgan fingerprint density at radius 2 is 2.11 bits per heavy atom. The summed E-state index contributed by atoms with van der Waals surface area (Å²) in [6.45, 7) is 0. The molecule has 3 rings (SSSR count). The number of fused-ring (bicyclic) bond motifs is 1. The molecule has 0 amide bonds. The highest BCUT2D eigenvalue weighted by Gasteiger charge is 2.09. The SMILES string of the molecule is N#Cc1cnc2ccccc2c1SCc1ccco1. The number of benzene rings is 1. The lowest BCUT2D eigenvalue weighted by Gasteiger charge is -2.06. The van der Waals surface area contributed by atoms with Gasteiger partial charge in [-0.05, 0) is 18.2 Å². The molecule has 0 aliphatic carbocycles. The summed E-state index contributed by atoms with van der Waals surface area (Å²) in [7, 11) is 0. The number of pyridine rings is 1. The van der Waals surface area contributed by atoms with Crippen LogP contribution >= 0.6 is 11.8 Å². The van der Waals surface area contributed by atoms with Crippen molar-refractivity contribution >= 4 is 22.7 Å². The van der Waals surface area contributed by atoms with Crippen LogP contribution in [0.1, 0.15) is 11.3 Å². The highest BCUT2D eigenvalue weighted by atomic mass is 32.2. The summed E-state index contributed by atoms with van der Waals surface area (Å²) in [4.78, 5) is 5.26. The molecule has 0 fully saturated rings. The van der Waals surface area contributed by atoms with Crippen molar-refractivity contribution in [2.45, 2.75) is 10.6 Å². The van der Waals surface area contributed by atoms with Gasteiger partial charge in [-0.25, -0.2) is 0 Å². The maximum Gasteiger partial charge on any atom is 0.113 e. The first-order valence-electron chi connectivity index (χ1n) is 5.81. The Labute approximate surface area is 114 Å². The van der Waals surface area contributed by atoms with Crippen LogP contribution in [0, 0.1) is 11.3 Å². The van der Waals surface area contributed by atoms with Crippen molar-refractivity contribution in [2.75, 3.05) is 0 Å². The van der Waals surface area contributed by atoms with Crippen LogP contribution in [0.4, 0.5) is 0 Å². The second-order valence-electron chi connectivity index (χ2n) is 4.00. The van der Waals surface area contributed by atoms with E-state index in [4.69, 9.17) is 4.42 Å². The van der Waals surface area contributed by atoms with E-state index in [-0.39, 0.29) is 0 Å². The van der Waals surface area contributed by atoms with Gasteiger partial charge in [-0.3, -0.25) is 4.98 Å². The highest BCUT2D eigenvalue weighted by molar-refractivity contribution is 7.98. The third-order valence-electron chi connectivity index (χ3n) is 2.79. The lowest BCUT2D eigenvalue weighted by atomic mass is 10.2. The number of para-hydroxylation sites is 1. The summed E-state index contributed by atoms with van der Waals surface area (Å²) in [5, 5.41) is 10.2. The third-order valence-corrected chi connectivity index (χ3v) is 3.94. The molecular formula is C15H10N2OS. The molecule has 0 saturated heterocycles. The molecule has 0 atom stereocenters. The maximum atomic E-state index is 9.21. The fourth-order valence-corrected chi connectivity index (χ4v) is 2.92. The van der Waals surface area contributed by atoms with Crippen molar-refractivity contribution in [3.05, 3.63) is 60.2 Å². The van der Waals surface area contributed by atoms with E-state index in [2.05, 4.69) is 11.1 Å². The van der Waals surface area contributed by atoms with Crippen molar-refractivity contribution in [3.63, 3.8) is 0 Å².